The van der Waals surface area contributed by atoms with Gasteiger partial charge < -0.3 is 9.84 Å². The molecule has 1 aromatic carbocycles. The van der Waals surface area contributed by atoms with Crippen LogP contribution in [0.15, 0.2) is 27.6 Å². The van der Waals surface area contributed by atoms with E-state index in [0.29, 0.717) is 28.8 Å². The first-order valence-corrected chi connectivity index (χ1v) is 9.69. The van der Waals surface area contributed by atoms with Crippen molar-refractivity contribution < 1.29 is 12.9 Å². The van der Waals surface area contributed by atoms with Crippen molar-refractivity contribution in [3.8, 4) is 0 Å². The molecule has 0 saturated heterocycles. The molecule has 2 aliphatic carbocycles. The van der Waals surface area contributed by atoms with Crippen LogP contribution in [0.1, 0.15) is 48.9 Å². The number of sulfonamides is 1. The fourth-order valence-corrected chi connectivity index (χ4v) is 4.17. The number of anilines is 1. The fraction of sp³-hybridized carbons (Fsp3) is 0.500. The van der Waals surface area contributed by atoms with Crippen LogP contribution >= 0.6 is 0 Å². The molecular formula is C16H20N4O3S. The molecule has 0 aliphatic heterocycles. The molecule has 0 bridgehead atoms. The summed E-state index contributed by atoms with van der Waals surface area (Å²) in [6.07, 6.45) is 4.08. The van der Waals surface area contributed by atoms with Gasteiger partial charge in [-0.3, -0.25) is 0 Å². The zero-order valence-corrected chi connectivity index (χ0v) is 14.3. The number of rotatable bonds is 7. The predicted molar refractivity (Wildman–Crippen MR) is 88.1 cm³/mol. The quantitative estimate of drug-likeness (QED) is 0.797. The molecule has 2 aliphatic rings. The predicted octanol–water partition coefficient (Wildman–Crippen LogP) is 2.31. The topological polar surface area (TPSA) is 97.1 Å². The Morgan fingerprint density at radius 1 is 1.25 bits per heavy atom. The summed E-state index contributed by atoms with van der Waals surface area (Å²) in [6, 6.07) is 5.30. The Morgan fingerprint density at radius 2 is 2.04 bits per heavy atom. The van der Waals surface area contributed by atoms with E-state index in [9.17, 15) is 8.42 Å². The van der Waals surface area contributed by atoms with Gasteiger partial charge in [0.1, 0.15) is 0 Å². The lowest BCUT2D eigenvalue weighted by molar-refractivity contribution is 0.378. The standard InChI is InChI=1S/C16H20N4O3S/c1-10-13(17-9-15-18-16(19-23-15)11-5-6-11)3-2-4-14(10)24(21,22)20-12-7-8-12/h2-4,11-12,17,20H,5-9H2,1H3. The van der Waals surface area contributed by atoms with Gasteiger partial charge in [0.15, 0.2) is 5.82 Å². The SMILES string of the molecule is Cc1c(NCc2nc(C3CC3)no2)cccc1S(=O)(=O)NC1CC1. The van der Waals surface area contributed by atoms with Crippen molar-refractivity contribution in [2.24, 2.45) is 0 Å². The van der Waals surface area contributed by atoms with Crippen LogP contribution in [0.5, 0.6) is 0 Å². The average molecular weight is 348 g/mol. The van der Waals surface area contributed by atoms with Gasteiger partial charge in [0.2, 0.25) is 15.9 Å². The number of benzene rings is 1. The van der Waals surface area contributed by atoms with Gasteiger partial charge in [-0.2, -0.15) is 4.98 Å². The highest BCUT2D eigenvalue weighted by molar-refractivity contribution is 7.89. The maximum absolute atomic E-state index is 12.4. The van der Waals surface area contributed by atoms with Crippen molar-refractivity contribution in [3.05, 3.63) is 35.5 Å². The van der Waals surface area contributed by atoms with E-state index < -0.39 is 10.0 Å². The van der Waals surface area contributed by atoms with E-state index in [-0.39, 0.29) is 6.04 Å². The molecule has 7 nitrogen and oxygen atoms in total. The van der Waals surface area contributed by atoms with Crippen LogP contribution in [0.3, 0.4) is 0 Å². The lowest BCUT2D eigenvalue weighted by Gasteiger charge is -2.13. The second kappa shape index (κ2) is 5.86. The van der Waals surface area contributed by atoms with E-state index in [1.54, 1.807) is 19.1 Å². The first-order valence-electron chi connectivity index (χ1n) is 8.21. The van der Waals surface area contributed by atoms with Gasteiger partial charge in [-0.15, -0.1) is 0 Å². The van der Waals surface area contributed by atoms with Crippen molar-refractivity contribution in [1.29, 1.82) is 0 Å². The molecule has 24 heavy (non-hydrogen) atoms. The van der Waals surface area contributed by atoms with E-state index in [0.717, 1.165) is 37.2 Å². The molecule has 2 saturated carbocycles. The third-order valence-corrected chi connectivity index (χ3v) is 5.99. The van der Waals surface area contributed by atoms with Crippen molar-refractivity contribution in [2.75, 3.05) is 5.32 Å². The van der Waals surface area contributed by atoms with Crippen LogP contribution in [0, 0.1) is 6.92 Å². The van der Waals surface area contributed by atoms with Crippen LogP contribution in [0.2, 0.25) is 0 Å². The smallest absolute Gasteiger partial charge is 0.245 e. The minimum atomic E-state index is -3.47. The lowest BCUT2D eigenvalue weighted by Crippen LogP contribution is -2.26. The number of nitrogens with one attached hydrogen (secondary N) is 2. The molecule has 2 N–H and O–H groups in total. The first-order chi connectivity index (χ1) is 11.5. The summed E-state index contributed by atoms with van der Waals surface area (Å²) in [7, 11) is -3.47. The molecule has 2 aromatic rings. The van der Waals surface area contributed by atoms with Crippen molar-refractivity contribution in [3.63, 3.8) is 0 Å². The van der Waals surface area contributed by atoms with Crippen molar-refractivity contribution in [1.82, 2.24) is 14.9 Å². The van der Waals surface area contributed by atoms with Gasteiger partial charge in [0.05, 0.1) is 11.4 Å². The number of hydrogen-bond acceptors (Lipinski definition) is 6. The van der Waals surface area contributed by atoms with Crippen LogP contribution in [-0.4, -0.2) is 24.6 Å². The van der Waals surface area contributed by atoms with Gasteiger partial charge in [-0.25, -0.2) is 13.1 Å². The summed E-state index contributed by atoms with van der Waals surface area (Å²) in [5.41, 5.74) is 1.44. The maximum Gasteiger partial charge on any atom is 0.245 e. The summed E-state index contributed by atoms with van der Waals surface area (Å²) in [4.78, 5) is 4.67. The molecular weight excluding hydrogens is 328 g/mol. The van der Waals surface area contributed by atoms with Gasteiger partial charge >= 0.3 is 0 Å². The van der Waals surface area contributed by atoms with Crippen LogP contribution in [0.4, 0.5) is 5.69 Å². The van der Waals surface area contributed by atoms with Crippen LogP contribution in [-0.2, 0) is 16.6 Å². The highest BCUT2D eigenvalue weighted by Crippen LogP contribution is 2.38. The minimum Gasteiger partial charge on any atom is -0.376 e. The van der Waals surface area contributed by atoms with Crippen LogP contribution in [0.25, 0.3) is 0 Å². The average Bonchev–Trinajstić information content (AvgIpc) is 3.47. The highest BCUT2D eigenvalue weighted by atomic mass is 32.2. The maximum atomic E-state index is 12.4. The molecule has 0 atom stereocenters. The van der Waals surface area contributed by atoms with E-state index in [2.05, 4.69) is 20.2 Å². The van der Waals surface area contributed by atoms with Crippen LogP contribution < -0.4 is 10.0 Å². The monoisotopic (exact) mass is 348 g/mol. The molecule has 0 unspecified atom stereocenters. The molecule has 8 heteroatoms. The summed E-state index contributed by atoms with van der Waals surface area (Å²) in [5.74, 6) is 1.74. The molecule has 1 aromatic heterocycles. The van der Waals surface area contributed by atoms with Crippen molar-refractivity contribution in [2.45, 2.75) is 56.0 Å². The molecule has 1 heterocycles. The second-order valence-electron chi connectivity index (χ2n) is 6.50. The number of hydrogen-bond donors (Lipinski definition) is 2. The zero-order chi connectivity index (χ0) is 16.7. The van der Waals surface area contributed by atoms with Gasteiger partial charge in [-0.1, -0.05) is 11.2 Å². The van der Waals surface area contributed by atoms with Gasteiger partial charge in [-0.05, 0) is 50.3 Å². The summed E-state index contributed by atoms with van der Waals surface area (Å²) in [6.45, 7) is 2.17. The number of nitrogens with zero attached hydrogens (tertiary/aromatic N) is 2. The normalized spacial score (nSPS) is 17.9. The summed E-state index contributed by atoms with van der Waals surface area (Å²) < 4.78 is 32.8. The molecule has 0 spiro atoms. The minimum absolute atomic E-state index is 0.0882. The zero-order valence-electron chi connectivity index (χ0n) is 13.4. The molecule has 128 valence electrons. The number of aromatic nitrogens is 2. The Labute approximate surface area is 140 Å². The Kier molecular flexibility index (Phi) is 3.80. The Morgan fingerprint density at radius 3 is 2.75 bits per heavy atom. The Balaban J connectivity index is 1.49. The highest BCUT2D eigenvalue weighted by Gasteiger charge is 2.30. The van der Waals surface area contributed by atoms with E-state index in [4.69, 9.17) is 4.52 Å². The third-order valence-electron chi connectivity index (χ3n) is 4.33. The molecule has 4 rings (SSSR count). The van der Waals surface area contributed by atoms with E-state index >= 15 is 0 Å². The third kappa shape index (κ3) is 3.29. The molecule has 0 radical (unpaired) electrons. The first kappa shape index (κ1) is 15.6. The second-order valence-corrected chi connectivity index (χ2v) is 8.18. The van der Waals surface area contributed by atoms with E-state index in [1.807, 2.05) is 6.07 Å². The Hall–Kier alpha value is -1.93. The molecule has 0 amide bonds. The molecule has 2 fully saturated rings. The lowest BCUT2D eigenvalue weighted by atomic mass is 10.2. The van der Waals surface area contributed by atoms with E-state index in [1.165, 1.54) is 0 Å². The Bertz CT molecular complexity index is 854. The summed E-state index contributed by atoms with van der Waals surface area (Å²) in [5, 5.41) is 7.17. The summed E-state index contributed by atoms with van der Waals surface area (Å²) >= 11 is 0. The van der Waals surface area contributed by atoms with Crippen molar-refractivity contribution >= 4 is 15.7 Å². The van der Waals surface area contributed by atoms with Gasteiger partial charge in [0.25, 0.3) is 0 Å². The fourth-order valence-electron chi connectivity index (χ4n) is 2.60. The van der Waals surface area contributed by atoms with Gasteiger partial charge in [0, 0.05) is 17.6 Å². The largest absolute Gasteiger partial charge is 0.376 e.